The highest BCUT2D eigenvalue weighted by atomic mass is 19.1. The van der Waals surface area contributed by atoms with E-state index in [1.54, 1.807) is 0 Å². The molecule has 1 aliphatic heterocycles. The first-order valence-corrected chi connectivity index (χ1v) is 5.54. The average Bonchev–Trinajstić information content (AvgIpc) is 2.27. The molecule has 2 rings (SSSR count). The van der Waals surface area contributed by atoms with Gasteiger partial charge in [0.15, 0.2) is 11.6 Å². The molecule has 1 saturated heterocycles. The average molecular weight is 227 g/mol. The van der Waals surface area contributed by atoms with Gasteiger partial charge < -0.3 is 10.4 Å². The van der Waals surface area contributed by atoms with Gasteiger partial charge in [0.1, 0.15) is 5.82 Å². The number of rotatable bonds is 2. The number of phenols is 1. The van der Waals surface area contributed by atoms with Gasteiger partial charge in [-0.2, -0.15) is 0 Å². The molecule has 0 spiro atoms. The Hall–Kier alpha value is -1.16. The molecule has 1 aliphatic rings. The summed E-state index contributed by atoms with van der Waals surface area (Å²) in [4.78, 5) is 0. The summed E-state index contributed by atoms with van der Waals surface area (Å²) in [5.41, 5.74) is 0.408. The van der Waals surface area contributed by atoms with Crippen LogP contribution >= 0.6 is 0 Å². The van der Waals surface area contributed by atoms with Gasteiger partial charge in [0.2, 0.25) is 0 Å². The lowest BCUT2D eigenvalue weighted by Gasteiger charge is -2.22. The molecule has 16 heavy (non-hydrogen) atoms. The summed E-state index contributed by atoms with van der Waals surface area (Å²) in [7, 11) is 0. The van der Waals surface area contributed by atoms with Crippen molar-refractivity contribution >= 4 is 0 Å². The van der Waals surface area contributed by atoms with E-state index in [0.717, 1.165) is 32.0 Å². The van der Waals surface area contributed by atoms with Gasteiger partial charge in [0.05, 0.1) is 0 Å². The highest BCUT2D eigenvalue weighted by Gasteiger charge is 2.17. The van der Waals surface area contributed by atoms with Gasteiger partial charge in [-0.15, -0.1) is 0 Å². The van der Waals surface area contributed by atoms with Crippen molar-refractivity contribution in [1.82, 2.24) is 5.32 Å². The molecular formula is C12H15F2NO. The Kier molecular flexibility index (Phi) is 3.39. The summed E-state index contributed by atoms with van der Waals surface area (Å²) in [6.45, 7) is 1.89. The number of benzene rings is 1. The van der Waals surface area contributed by atoms with Gasteiger partial charge >= 0.3 is 0 Å². The zero-order valence-corrected chi connectivity index (χ0v) is 8.97. The van der Waals surface area contributed by atoms with E-state index in [9.17, 15) is 13.9 Å². The van der Waals surface area contributed by atoms with Crippen LogP contribution in [0, 0.1) is 17.6 Å². The fourth-order valence-corrected chi connectivity index (χ4v) is 2.13. The van der Waals surface area contributed by atoms with E-state index in [1.807, 2.05) is 0 Å². The molecule has 1 heterocycles. The number of hydrogen-bond acceptors (Lipinski definition) is 2. The fourth-order valence-electron chi connectivity index (χ4n) is 2.13. The number of nitrogens with one attached hydrogen (secondary N) is 1. The summed E-state index contributed by atoms with van der Waals surface area (Å²) in [5.74, 6) is -1.51. The summed E-state index contributed by atoms with van der Waals surface area (Å²) < 4.78 is 26.3. The number of aromatic hydroxyl groups is 1. The predicted octanol–water partition coefficient (Wildman–Crippen LogP) is 2.21. The third-order valence-electron chi connectivity index (χ3n) is 3.08. The van der Waals surface area contributed by atoms with Gasteiger partial charge in [0, 0.05) is 6.07 Å². The van der Waals surface area contributed by atoms with Crippen LogP contribution < -0.4 is 5.32 Å². The Labute approximate surface area is 93.3 Å². The maximum absolute atomic E-state index is 13.4. The molecule has 1 aromatic rings. The highest BCUT2D eigenvalue weighted by molar-refractivity contribution is 5.30. The lowest BCUT2D eigenvalue weighted by Crippen LogP contribution is -2.28. The second-order valence-corrected chi connectivity index (χ2v) is 4.29. The first-order valence-electron chi connectivity index (χ1n) is 5.54. The number of hydrogen-bond donors (Lipinski definition) is 2. The van der Waals surface area contributed by atoms with E-state index in [2.05, 4.69) is 5.32 Å². The molecule has 2 nitrogen and oxygen atoms in total. The molecule has 2 N–H and O–H groups in total. The molecule has 0 amide bonds. The monoisotopic (exact) mass is 227 g/mol. The molecule has 4 heteroatoms. The van der Waals surface area contributed by atoms with Crippen LogP contribution in [-0.2, 0) is 6.42 Å². The van der Waals surface area contributed by atoms with Crippen LogP contribution in [-0.4, -0.2) is 18.2 Å². The van der Waals surface area contributed by atoms with Crippen molar-refractivity contribution in [2.45, 2.75) is 19.3 Å². The van der Waals surface area contributed by atoms with E-state index in [-0.39, 0.29) is 0 Å². The Bertz CT molecular complexity index is 376. The summed E-state index contributed by atoms with van der Waals surface area (Å²) in [6, 6.07) is 1.96. The van der Waals surface area contributed by atoms with Crippen LogP contribution in [0.4, 0.5) is 8.78 Å². The number of piperidine rings is 1. The Morgan fingerprint density at radius 3 is 2.56 bits per heavy atom. The minimum Gasteiger partial charge on any atom is -0.505 e. The second-order valence-electron chi connectivity index (χ2n) is 4.29. The summed E-state index contributed by atoms with van der Waals surface area (Å²) in [6.07, 6.45) is 2.57. The van der Waals surface area contributed by atoms with Crippen molar-refractivity contribution in [2.75, 3.05) is 13.1 Å². The largest absolute Gasteiger partial charge is 0.505 e. The standard InChI is InChI=1S/C12H15F2NO/c13-10-7-11(14)12(16)6-9(10)5-8-1-3-15-4-2-8/h6-8,15-16H,1-5H2. The predicted molar refractivity (Wildman–Crippen MR) is 57.3 cm³/mol. The topological polar surface area (TPSA) is 32.3 Å². The summed E-state index contributed by atoms with van der Waals surface area (Å²) in [5, 5.41) is 12.4. The first-order chi connectivity index (χ1) is 7.66. The van der Waals surface area contributed by atoms with E-state index >= 15 is 0 Å². The number of phenolic OH excluding ortho intramolecular Hbond substituents is 1. The lowest BCUT2D eigenvalue weighted by atomic mass is 9.91. The van der Waals surface area contributed by atoms with Crippen molar-refractivity contribution < 1.29 is 13.9 Å². The normalized spacial score (nSPS) is 17.6. The third-order valence-corrected chi connectivity index (χ3v) is 3.08. The Morgan fingerprint density at radius 2 is 1.88 bits per heavy atom. The van der Waals surface area contributed by atoms with E-state index < -0.39 is 17.4 Å². The second kappa shape index (κ2) is 4.78. The molecule has 0 bridgehead atoms. The molecule has 1 fully saturated rings. The van der Waals surface area contributed by atoms with E-state index in [0.29, 0.717) is 17.9 Å². The SMILES string of the molecule is Oc1cc(CC2CCNCC2)c(F)cc1F. The van der Waals surface area contributed by atoms with Gasteiger partial charge in [-0.25, -0.2) is 8.78 Å². The smallest absolute Gasteiger partial charge is 0.167 e. The van der Waals surface area contributed by atoms with Gasteiger partial charge in [-0.3, -0.25) is 0 Å². The number of halogens is 2. The molecule has 0 aromatic heterocycles. The molecule has 1 aromatic carbocycles. The zero-order valence-electron chi connectivity index (χ0n) is 8.97. The molecular weight excluding hydrogens is 212 g/mol. The van der Waals surface area contributed by atoms with Gasteiger partial charge in [-0.05, 0) is 49.9 Å². The first kappa shape index (κ1) is 11.3. The fraction of sp³-hybridized carbons (Fsp3) is 0.500. The lowest BCUT2D eigenvalue weighted by molar-refractivity contribution is 0.366. The molecule has 0 unspecified atom stereocenters. The Morgan fingerprint density at radius 1 is 1.19 bits per heavy atom. The van der Waals surface area contributed by atoms with Gasteiger partial charge in [-0.1, -0.05) is 0 Å². The van der Waals surface area contributed by atoms with E-state index in [1.165, 1.54) is 6.07 Å². The maximum atomic E-state index is 13.4. The van der Waals surface area contributed by atoms with Crippen molar-refractivity contribution in [3.05, 3.63) is 29.3 Å². The molecule has 0 radical (unpaired) electrons. The van der Waals surface area contributed by atoms with Crippen LogP contribution in [0.2, 0.25) is 0 Å². The quantitative estimate of drug-likeness (QED) is 0.812. The van der Waals surface area contributed by atoms with Crippen molar-refractivity contribution in [2.24, 2.45) is 5.92 Å². The van der Waals surface area contributed by atoms with Crippen LogP contribution in [0.25, 0.3) is 0 Å². The summed E-state index contributed by atoms with van der Waals surface area (Å²) >= 11 is 0. The van der Waals surface area contributed by atoms with Crippen molar-refractivity contribution in [3.8, 4) is 5.75 Å². The van der Waals surface area contributed by atoms with Crippen molar-refractivity contribution in [3.63, 3.8) is 0 Å². The van der Waals surface area contributed by atoms with Crippen molar-refractivity contribution in [1.29, 1.82) is 0 Å². The third kappa shape index (κ3) is 2.50. The molecule has 0 aliphatic carbocycles. The molecule has 0 saturated carbocycles. The van der Waals surface area contributed by atoms with Crippen LogP contribution in [0.3, 0.4) is 0 Å². The highest BCUT2D eigenvalue weighted by Crippen LogP contribution is 2.25. The Balaban J connectivity index is 2.11. The minimum atomic E-state index is -0.897. The molecule has 0 atom stereocenters. The zero-order chi connectivity index (χ0) is 11.5. The van der Waals surface area contributed by atoms with Crippen LogP contribution in [0.15, 0.2) is 12.1 Å². The van der Waals surface area contributed by atoms with E-state index in [4.69, 9.17) is 0 Å². The minimum absolute atomic E-state index is 0.408. The van der Waals surface area contributed by atoms with Gasteiger partial charge in [0.25, 0.3) is 0 Å². The maximum Gasteiger partial charge on any atom is 0.167 e. The van der Waals surface area contributed by atoms with Crippen LogP contribution in [0.5, 0.6) is 5.75 Å². The van der Waals surface area contributed by atoms with Crippen LogP contribution in [0.1, 0.15) is 18.4 Å². The molecule has 88 valence electrons.